The SMILES string of the molecule is Cc1cc(/C=C2\C(=O)NC(=O)N(c3ccc4c(c3)OCO4)C2=O)c(C)n1-c1ccc(C(C)C)cc1. The zero-order valence-electron chi connectivity index (χ0n) is 19.9. The van der Waals surface area contributed by atoms with Crippen molar-refractivity contribution in [1.29, 1.82) is 0 Å². The third-order valence-corrected chi connectivity index (χ3v) is 6.30. The molecule has 8 heteroatoms. The van der Waals surface area contributed by atoms with Crippen molar-refractivity contribution in [1.82, 2.24) is 9.88 Å². The van der Waals surface area contributed by atoms with Crippen molar-refractivity contribution < 1.29 is 23.9 Å². The molecule has 2 aliphatic rings. The molecule has 2 aromatic carbocycles. The molecule has 5 rings (SSSR count). The maximum atomic E-state index is 13.3. The Kier molecular flexibility index (Phi) is 5.43. The highest BCUT2D eigenvalue weighted by Gasteiger charge is 2.37. The van der Waals surface area contributed by atoms with E-state index in [9.17, 15) is 14.4 Å². The molecule has 1 N–H and O–H groups in total. The summed E-state index contributed by atoms with van der Waals surface area (Å²) in [5, 5.41) is 2.27. The standard InChI is InChI=1S/C27H25N3O5/c1-15(2)18-5-7-20(8-6-18)29-16(3)11-19(17(29)4)12-22-25(31)28-27(33)30(26(22)32)21-9-10-23-24(13-21)35-14-34-23/h5-13,15H,14H2,1-4H3,(H,28,31,33)/b22-12+. The number of benzene rings is 2. The van der Waals surface area contributed by atoms with Crippen LogP contribution in [0.1, 0.15) is 42.3 Å². The largest absolute Gasteiger partial charge is 0.454 e. The first-order valence-electron chi connectivity index (χ1n) is 11.3. The number of nitrogens with zero attached hydrogens (tertiary/aromatic N) is 2. The van der Waals surface area contributed by atoms with Crippen LogP contribution in [0.2, 0.25) is 0 Å². The Balaban J connectivity index is 1.51. The monoisotopic (exact) mass is 471 g/mol. The van der Waals surface area contributed by atoms with Crippen LogP contribution >= 0.6 is 0 Å². The number of fused-ring (bicyclic) bond motifs is 1. The molecule has 0 bridgehead atoms. The Morgan fingerprint density at radius 1 is 0.914 bits per heavy atom. The number of anilines is 1. The molecule has 0 atom stereocenters. The van der Waals surface area contributed by atoms with E-state index in [0.29, 0.717) is 23.0 Å². The van der Waals surface area contributed by atoms with E-state index in [1.165, 1.54) is 11.6 Å². The van der Waals surface area contributed by atoms with Crippen molar-refractivity contribution in [3.05, 3.63) is 76.6 Å². The van der Waals surface area contributed by atoms with E-state index < -0.39 is 17.8 Å². The van der Waals surface area contributed by atoms with Crippen LogP contribution in [0.4, 0.5) is 10.5 Å². The lowest BCUT2D eigenvalue weighted by atomic mass is 10.0. The quantitative estimate of drug-likeness (QED) is 0.443. The number of barbiturate groups is 1. The molecule has 1 aromatic heterocycles. The van der Waals surface area contributed by atoms with Crippen molar-refractivity contribution in [2.45, 2.75) is 33.6 Å². The number of imide groups is 2. The lowest BCUT2D eigenvalue weighted by molar-refractivity contribution is -0.122. The molecule has 1 saturated heterocycles. The Hall–Kier alpha value is -4.33. The van der Waals surface area contributed by atoms with Crippen molar-refractivity contribution in [2.75, 3.05) is 11.7 Å². The first-order chi connectivity index (χ1) is 16.7. The van der Waals surface area contributed by atoms with Gasteiger partial charge in [0.1, 0.15) is 5.57 Å². The summed E-state index contributed by atoms with van der Waals surface area (Å²) in [6.45, 7) is 8.27. The second kappa shape index (κ2) is 8.47. The second-order valence-electron chi connectivity index (χ2n) is 8.90. The highest BCUT2D eigenvalue weighted by molar-refractivity contribution is 6.39. The highest BCUT2D eigenvalue weighted by atomic mass is 16.7. The summed E-state index contributed by atoms with van der Waals surface area (Å²) in [6, 6.07) is 14.2. The molecule has 178 valence electrons. The number of urea groups is 1. The minimum atomic E-state index is -0.813. The molecule has 3 heterocycles. The summed E-state index contributed by atoms with van der Waals surface area (Å²) in [5.74, 6) is -0.0499. The Morgan fingerprint density at radius 3 is 2.31 bits per heavy atom. The number of aromatic nitrogens is 1. The molecule has 35 heavy (non-hydrogen) atoms. The van der Waals surface area contributed by atoms with Gasteiger partial charge in [0.2, 0.25) is 6.79 Å². The third-order valence-electron chi connectivity index (χ3n) is 6.30. The lowest BCUT2D eigenvalue weighted by Crippen LogP contribution is -2.54. The van der Waals surface area contributed by atoms with Gasteiger partial charge in [-0.05, 0) is 67.3 Å². The van der Waals surface area contributed by atoms with Gasteiger partial charge in [0.05, 0.1) is 5.69 Å². The molecule has 0 aliphatic carbocycles. The second-order valence-corrected chi connectivity index (χ2v) is 8.90. The molecule has 0 unspecified atom stereocenters. The lowest BCUT2D eigenvalue weighted by Gasteiger charge is -2.26. The molecule has 2 aliphatic heterocycles. The molecule has 3 aromatic rings. The van der Waals surface area contributed by atoms with Gasteiger partial charge in [-0.25, -0.2) is 9.69 Å². The molecule has 0 radical (unpaired) electrons. The van der Waals surface area contributed by atoms with Crippen LogP contribution in [0.3, 0.4) is 0 Å². The minimum Gasteiger partial charge on any atom is -0.454 e. The number of hydrogen-bond acceptors (Lipinski definition) is 5. The summed E-state index contributed by atoms with van der Waals surface area (Å²) in [5.41, 5.74) is 4.94. The number of nitrogens with one attached hydrogen (secondary N) is 1. The van der Waals surface area contributed by atoms with E-state index in [-0.39, 0.29) is 18.1 Å². The van der Waals surface area contributed by atoms with Gasteiger partial charge < -0.3 is 14.0 Å². The van der Waals surface area contributed by atoms with Gasteiger partial charge in [-0.1, -0.05) is 26.0 Å². The fraction of sp³-hybridized carbons (Fsp3) is 0.222. The van der Waals surface area contributed by atoms with Crippen LogP contribution in [-0.2, 0) is 9.59 Å². The highest BCUT2D eigenvalue weighted by Crippen LogP contribution is 2.36. The van der Waals surface area contributed by atoms with Gasteiger partial charge in [0.15, 0.2) is 11.5 Å². The van der Waals surface area contributed by atoms with Gasteiger partial charge >= 0.3 is 6.03 Å². The van der Waals surface area contributed by atoms with E-state index in [1.54, 1.807) is 18.2 Å². The van der Waals surface area contributed by atoms with Crippen molar-refractivity contribution in [3.8, 4) is 17.2 Å². The van der Waals surface area contributed by atoms with Crippen LogP contribution in [0.15, 0.2) is 54.1 Å². The molecule has 0 saturated carbocycles. The van der Waals surface area contributed by atoms with E-state index in [1.807, 2.05) is 19.9 Å². The van der Waals surface area contributed by atoms with Crippen molar-refractivity contribution in [3.63, 3.8) is 0 Å². The van der Waals surface area contributed by atoms with Crippen LogP contribution < -0.4 is 19.7 Å². The number of aryl methyl sites for hydroxylation is 1. The topological polar surface area (TPSA) is 89.9 Å². The Morgan fingerprint density at radius 2 is 1.60 bits per heavy atom. The fourth-order valence-corrected chi connectivity index (χ4v) is 4.41. The smallest absolute Gasteiger partial charge is 0.335 e. The minimum absolute atomic E-state index is 0.0678. The zero-order chi connectivity index (χ0) is 24.9. The first kappa shape index (κ1) is 22.5. The number of carbonyl (C=O) groups excluding carboxylic acids is 3. The third kappa shape index (κ3) is 3.86. The number of carbonyl (C=O) groups is 3. The first-order valence-corrected chi connectivity index (χ1v) is 11.3. The average molecular weight is 472 g/mol. The molecule has 4 amide bonds. The number of hydrogen-bond donors (Lipinski definition) is 1. The Labute approximate surface area is 202 Å². The molecule has 0 spiro atoms. The number of rotatable bonds is 4. The van der Waals surface area contributed by atoms with Crippen LogP contribution in [0.25, 0.3) is 11.8 Å². The summed E-state index contributed by atoms with van der Waals surface area (Å²) in [7, 11) is 0. The maximum Gasteiger partial charge on any atom is 0.335 e. The number of amides is 4. The Bertz CT molecular complexity index is 1400. The van der Waals surface area contributed by atoms with Gasteiger partial charge in [0, 0.05) is 23.1 Å². The van der Waals surface area contributed by atoms with E-state index in [2.05, 4.69) is 48.0 Å². The van der Waals surface area contributed by atoms with Crippen molar-refractivity contribution in [2.24, 2.45) is 0 Å². The van der Waals surface area contributed by atoms with E-state index in [0.717, 1.165) is 22.0 Å². The maximum absolute atomic E-state index is 13.3. The zero-order valence-corrected chi connectivity index (χ0v) is 19.9. The number of ether oxygens (including phenoxy) is 2. The predicted octanol–water partition coefficient (Wildman–Crippen LogP) is 4.61. The van der Waals surface area contributed by atoms with Gasteiger partial charge in [0.25, 0.3) is 11.8 Å². The van der Waals surface area contributed by atoms with Gasteiger partial charge in [-0.2, -0.15) is 0 Å². The summed E-state index contributed by atoms with van der Waals surface area (Å²) in [4.78, 5) is 39.5. The summed E-state index contributed by atoms with van der Waals surface area (Å²) < 4.78 is 12.7. The van der Waals surface area contributed by atoms with Gasteiger partial charge in [-0.3, -0.25) is 14.9 Å². The van der Waals surface area contributed by atoms with E-state index in [4.69, 9.17) is 9.47 Å². The van der Waals surface area contributed by atoms with Crippen LogP contribution in [0, 0.1) is 13.8 Å². The van der Waals surface area contributed by atoms with Gasteiger partial charge in [-0.15, -0.1) is 0 Å². The van der Waals surface area contributed by atoms with Crippen LogP contribution in [0.5, 0.6) is 11.5 Å². The fourth-order valence-electron chi connectivity index (χ4n) is 4.41. The average Bonchev–Trinajstić information content (AvgIpc) is 3.39. The van der Waals surface area contributed by atoms with Crippen molar-refractivity contribution >= 4 is 29.6 Å². The molecular formula is C27H25N3O5. The molecule has 8 nitrogen and oxygen atoms in total. The van der Waals surface area contributed by atoms with Crippen LogP contribution in [-0.4, -0.2) is 29.2 Å². The molecular weight excluding hydrogens is 446 g/mol. The molecule has 1 fully saturated rings. The summed E-state index contributed by atoms with van der Waals surface area (Å²) in [6.07, 6.45) is 1.53. The predicted molar refractivity (Wildman–Crippen MR) is 131 cm³/mol. The van der Waals surface area contributed by atoms with E-state index >= 15 is 0 Å². The summed E-state index contributed by atoms with van der Waals surface area (Å²) >= 11 is 0. The normalized spacial score (nSPS) is 16.4.